The highest BCUT2D eigenvalue weighted by Gasteiger charge is 2.19. The topological polar surface area (TPSA) is 69.9 Å². The fourth-order valence-corrected chi connectivity index (χ4v) is 3.66. The quantitative estimate of drug-likeness (QED) is 0.563. The molecular weight excluding hydrogens is 382 g/mol. The summed E-state index contributed by atoms with van der Waals surface area (Å²) in [6, 6.07) is 7.36. The molecule has 1 aliphatic heterocycles. The number of aryl methyl sites for hydroxylation is 3. The predicted octanol–water partition coefficient (Wildman–Crippen LogP) is 5.53. The highest BCUT2D eigenvalue weighted by molar-refractivity contribution is 6.05. The minimum Gasteiger partial charge on any atom is -0.493 e. The summed E-state index contributed by atoms with van der Waals surface area (Å²) in [6.45, 7) is 10.5. The fraction of sp³-hybridized carbons (Fsp3) is 0.292. The molecule has 6 nitrogen and oxygen atoms in total. The monoisotopic (exact) mass is 407 g/mol. The van der Waals surface area contributed by atoms with Crippen LogP contribution in [0.15, 0.2) is 34.8 Å². The van der Waals surface area contributed by atoms with Crippen LogP contribution in [0.1, 0.15) is 36.3 Å². The molecule has 3 aromatic rings. The van der Waals surface area contributed by atoms with Gasteiger partial charge in [-0.3, -0.25) is 4.79 Å². The third-order valence-electron chi connectivity index (χ3n) is 5.35. The van der Waals surface area contributed by atoms with Crippen molar-refractivity contribution in [1.82, 2.24) is 0 Å². The molecule has 2 heterocycles. The van der Waals surface area contributed by atoms with Crippen molar-refractivity contribution in [1.29, 1.82) is 0 Å². The van der Waals surface area contributed by atoms with Crippen LogP contribution in [0.4, 0.5) is 5.69 Å². The van der Waals surface area contributed by atoms with Crippen LogP contribution in [0, 0.1) is 20.8 Å². The molecule has 0 radical (unpaired) electrons. The van der Waals surface area contributed by atoms with Crippen molar-refractivity contribution >= 4 is 28.1 Å². The van der Waals surface area contributed by atoms with Crippen LogP contribution in [0.5, 0.6) is 17.2 Å². The van der Waals surface area contributed by atoms with E-state index >= 15 is 0 Å². The van der Waals surface area contributed by atoms with Crippen molar-refractivity contribution in [2.45, 2.75) is 34.6 Å². The van der Waals surface area contributed by atoms with E-state index in [4.69, 9.17) is 18.6 Å². The maximum absolute atomic E-state index is 12.7. The molecule has 0 bridgehead atoms. The summed E-state index contributed by atoms with van der Waals surface area (Å²) in [5.74, 6) is 2.69. The Balaban J connectivity index is 1.68. The predicted molar refractivity (Wildman–Crippen MR) is 116 cm³/mol. The summed E-state index contributed by atoms with van der Waals surface area (Å²) in [5.41, 5.74) is 5.19. The Bertz CT molecular complexity index is 1170. The van der Waals surface area contributed by atoms with Crippen molar-refractivity contribution in [2.24, 2.45) is 0 Å². The third kappa shape index (κ3) is 3.49. The number of ether oxygens (including phenoxy) is 3. The van der Waals surface area contributed by atoms with Crippen molar-refractivity contribution in [3.8, 4) is 17.2 Å². The second-order valence-corrected chi connectivity index (χ2v) is 7.36. The third-order valence-corrected chi connectivity index (χ3v) is 5.35. The maximum Gasteiger partial charge on any atom is 0.248 e. The molecular formula is C24H25NO5. The smallest absolute Gasteiger partial charge is 0.248 e. The number of fused-ring (bicyclic) bond motifs is 2. The van der Waals surface area contributed by atoms with Gasteiger partial charge in [0.1, 0.15) is 17.1 Å². The van der Waals surface area contributed by atoms with Crippen LogP contribution in [0.3, 0.4) is 0 Å². The van der Waals surface area contributed by atoms with Gasteiger partial charge >= 0.3 is 0 Å². The number of anilines is 1. The SMILES string of the molecule is CCOc1c(/C(C)=C/C(=O)Nc2ccc3c(c2)OCO3)cc2c(C)c(C)oc2c1C. The number of nitrogens with one attached hydrogen (secondary N) is 1. The molecule has 4 rings (SSSR count). The van der Waals surface area contributed by atoms with Gasteiger partial charge in [-0.2, -0.15) is 0 Å². The lowest BCUT2D eigenvalue weighted by Crippen LogP contribution is -2.09. The van der Waals surface area contributed by atoms with Crippen LogP contribution in [0.25, 0.3) is 16.5 Å². The van der Waals surface area contributed by atoms with Crippen molar-refractivity contribution in [2.75, 3.05) is 18.7 Å². The molecule has 0 aliphatic carbocycles. The number of hydrogen-bond acceptors (Lipinski definition) is 5. The van der Waals surface area contributed by atoms with Gasteiger partial charge < -0.3 is 23.9 Å². The van der Waals surface area contributed by atoms with Gasteiger partial charge in [0.05, 0.1) is 6.61 Å². The fourth-order valence-electron chi connectivity index (χ4n) is 3.66. The van der Waals surface area contributed by atoms with E-state index in [1.165, 1.54) is 0 Å². The number of hydrogen-bond donors (Lipinski definition) is 1. The van der Waals surface area contributed by atoms with E-state index in [1.54, 1.807) is 24.3 Å². The van der Waals surface area contributed by atoms with Gasteiger partial charge in [-0.1, -0.05) is 0 Å². The molecule has 2 aromatic carbocycles. The van der Waals surface area contributed by atoms with Gasteiger partial charge in [0.25, 0.3) is 0 Å². The summed E-state index contributed by atoms with van der Waals surface area (Å²) < 4.78 is 22.6. The first-order valence-corrected chi connectivity index (χ1v) is 9.94. The van der Waals surface area contributed by atoms with Gasteiger partial charge in [0.2, 0.25) is 12.7 Å². The van der Waals surface area contributed by atoms with Crippen molar-refractivity contribution in [3.63, 3.8) is 0 Å². The number of amides is 1. The number of benzene rings is 2. The molecule has 0 saturated heterocycles. The van der Waals surface area contributed by atoms with Gasteiger partial charge in [0, 0.05) is 34.3 Å². The highest BCUT2D eigenvalue weighted by atomic mass is 16.7. The first-order chi connectivity index (χ1) is 14.4. The van der Waals surface area contributed by atoms with Crippen molar-refractivity contribution in [3.05, 3.63) is 52.8 Å². The summed E-state index contributed by atoms with van der Waals surface area (Å²) >= 11 is 0. The molecule has 1 amide bonds. The molecule has 1 aliphatic rings. The van der Waals surface area contributed by atoms with Crippen LogP contribution in [-0.2, 0) is 4.79 Å². The minimum absolute atomic E-state index is 0.195. The van der Waals surface area contributed by atoms with Gasteiger partial charge in [-0.15, -0.1) is 0 Å². The number of carbonyl (C=O) groups excluding carboxylic acids is 1. The Morgan fingerprint density at radius 1 is 1.13 bits per heavy atom. The first kappa shape index (κ1) is 19.9. The first-order valence-electron chi connectivity index (χ1n) is 9.94. The Hall–Kier alpha value is -3.41. The summed E-state index contributed by atoms with van der Waals surface area (Å²) in [7, 11) is 0. The van der Waals surface area contributed by atoms with Crippen LogP contribution < -0.4 is 19.5 Å². The minimum atomic E-state index is -0.230. The summed E-state index contributed by atoms with van der Waals surface area (Å²) in [5, 5.41) is 3.92. The van der Waals surface area contributed by atoms with Crippen LogP contribution >= 0.6 is 0 Å². The number of allylic oxidation sites excluding steroid dienone is 1. The largest absolute Gasteiger partial charge is 0.493 e. The van der Waals surface area contributed by atoms with Crippen LogP contribution in [0.2, 0.25) is 0 Å². The van der Waals surface area contributed by atoms with Gasteiger partial charge in [-0.05, 0) is 64.0 Å². The number of rotatable bonds is 5. The van der Waals surface area contributed by atoms with E-state index in [-0.39, 0.29) is 12.7 Å². The van der Waals surface area contributed by atoms with Gasteiger partial charge in [0.15, 0.2) is 11.5 Å². The summed E-state index contributed by atoms with van der Waals surface area (Å²) in [4.78, 5) is 12.7. The lowest BCUT2D eigenvalue weighted by molar-refractivity contribution is -0.111. The second kappa shape index (κ2) is 7.78. The molecule has 30 heavy (non-hydrogen) atoms. The summed E-state index contributed by atoms with van der Waals surface area (Å²) in [6.07, 6.45) is 1.58. The average molecular weight is 407 g/mol. The van der Waals surface area contributed by atoms with Crippen molar-refractivity contribution < 1.29 is 23.4 Å². The number of furan rings is 1. The van der Waals surface area contributed by atoms with E-state index < -0.39 is 0 Å². The average Bonchev–Trinajstić information content (AvgIpc) is 3.28. The van der Waals surface area contributed by atoms with Gasteiger partial charge in [-0.25, -0.2) is 0 Å². The molecule has 0 atom stereocenters. The molecule has 1 N–H and O–H groups in total. The lowest BCUT2D eigenvalue weighted by atomic mass is 9.98. The molecule has 0 unspecified atom stereocenters. The molecule has 6 heteroatoms. The second-order valence-electron chi connectivity index (χ2n) is 7.36. The van der Waals surface area contributed by atoms with Crippen LogP contribution in [-0.4, -0.2) is 19.3 Å². The molecule has 0 fully saturated rings. The lowest BCUT2D eigenvalue weighted by Gasteiger charge is -2.14. The standard InChI is InChI=1S/C24H25NO5/c1-6-27-23-15(4)24-19(14(3)16(5)30-24)11-18(23)13(2)9-22(26)25-17-7-8-20-21(10-17)29-12-28-20/h7-11H,6,12H2,1-5H3,(H,25,26)/b13-9+. The normalized spacial score (nSPS) is 13.0. The molecule has 0 saturated carbocycles. The zero-order valence-corrected chi connectivity index (χ0v) is 17.8. The zero-order valence-electron chi connectivity index (χ0n) is 17.8. The molecule has 0 spiro atoms. The van der Waals surface area contributed by atoms with E-state index in [9.17, 15) is 4.79 Å². The van der Waals surface area contributed by atoms with E-state index in [1.807, 2.05) is 40.7 Å². The Labute approximate surface area is 175 Å². The van der Waals surface area contributed by atoms with E-state index in [2.05, 4.69) is 5.32 Å². The Kier molecular flexibility index (Phi) is 5.16. The maximum atomic E-state index is 12.7. The Morgan fingerprint density at radius 3 is 2.67 bits per heavy atom. The molecule has 156 valence electrons. The highest BCUT2D eigenvalue weighted by Crippen LogP contribution is 2.39. The van der Waals surface area contributed by atoms with E-state index in [0.717, 1.165) is 44.7 Å². The Morgan fingerprint density at radius 2 is 1.90 bits per heavy atom. The number of carbonyl (C=O) groups is 1. The van der Waals surface area contributed by atoms with E-state index in [0.29, 0.717) is 23.8 Å². The zero-order chi connectivity index (χ0) is 21.4. The molecule has 1 aromatic heterocycles.